The summed E-state index contributed by atoms with van der Waals surface area (Å²) in [6.07, 6.45) is 0. The third kappa shape index (κ3) is 4.58. The molecule has 1 saturated heterocycles. The van der Waals surface area contributed by atoms with Crippen molar-refractivity contribution in [1.82, 2.24) is 15.0 Å². The van der Waals surface area contributed by atoms with E-state index in [0.717, 1.165) is 37.4 Å². The number of rotatable bonds is 7. The maximum atomic E-state index is 10.8. The molecule has 162 valence electrons. The number of nitro benzene ring substituents is 1. The van der Waals surface area contributed by atoms with E-state index < -0.39 is 0 Å². The van der Waals surface area contributed by atoms with Crippen LogP contribution in [0.15, 0.2) is 47.0 Å². The Kier molecular flexibility index (Phi) is 5.99. The first-order chi connectivity index (χ1) is 15.1. The van der Waals surface area contributed by atoms with Crippen molar-refractivity contribution in [2.75, 3.05) is 45.3 Å². The number of piperazine rings is 1. The van der Waals surface area contributed by atoms with E-state index in [1.807, 2.05) is 18.2 Å². The average Bonchev–Trinajstić information content (AvgIpc) is 3.27. The molecule has 0 aliphatic carbocycles. The molecular formula is C21H23N5O5. The number of hydrogen-bond donors (Lipinski definition) is 0. The summed E-state index contributed by atoms with van der Waals surface area (Å²) >= 11 is 0. The van der Waals surface area contributed by atoms with Gasteiger partial charge < -0.3 is 18.9 Å². The average molecular weight is 425 g/mol. The molecular weight excluding hydrogens is 402 g/mol. The zero-order valence-electron chi connectivity index (χ0n) is 17.4. The fourth-order valence-electron chi connectivity index (χ4n) is 3.55. The van der Waals surface area contributed by atoms with Gasteiger partial charge >= 0.3 is 0 Å². The monoisotopic (exact) mass is 425 g/mol. The molecule has 1 fully saturated rings. The molecule has 0 spiro atoms. The second-order valence-electron chi connectivity index (χ2n) is 7.12. The number of methoxy groups -OCH3 is 2. The third-order valence-corrected chi connectivity index (χ3v) is 5.27. The van der Waals surface area contributed by atoms with E-state index in [-0.39, 0.29) is 10.6 Å². The molecule has 1 aliphatic heterocycles. The Bertz CT molecular complexity index is 1040. The van der Waals surface area contributed by atoms with Crippen LogP contribution >= 0.6 is 0 Å². The first kappa shape index (κ1) is 20.6. The SMILES string of the molecule is COc1ccc(-c2noc(CN3CCN(c4ccc([N+](=O)[O-])cc4)CC3)n2)cc1OC. The van der Waals surface area contributed by atoms with Crippen LogP contribution in [-0.4, -0.2) is 60.4 Å². The van der Waals surface area contributed by atoms with E-state index >= 15 is 0 Å². The maximum Gasteiger partial charge on any atom is 0.269 e. The molecule has 1 aliphatic rings. The highest BCUT2D eigenvalue weighted by molar-refractivity contribution is 5.60. The fourth-order valence-corrected chi connectivity index (χ4v) is 3.55. The van der Waals surface area contributed by atoms with Crippen LogP contribution in [0.25, 0.3) is 11.4 Å². The van der Waals surface area contributed by atoms with Gasteiger partial charge in [-0.15, -0.1) is 0 Å². The minimum Gasteiger partial charge on any atom is -0.493 e. The number of benzene rings is 2. The van der Waals surface area contributed by atoms with Crippen LogP contribution in [0, 0.1) is 10.1 Å². The second kappa shape index (κ2) is 9.00. The number of non-ortho nitro benzene ring substituents is 1. The third-order valence-electron chi connectivity index (χ3n) is 5.27. The van der Waals surface area contributed by atoms with Crippen molar-refractivity contribution in [1.29, 1.82) is 0 Å². The lowest BCUT2D eigenvalue weighted by atomic mass is 10.2. The summed E-state index contributed by atoms with van der Waals surface area (Å²) in [5.74, 6) is 2.30. The van der Waals surface area contributed by atoms with Crippen molar-refractivity contribution < 1.29 is 18.9 Å². The van der Waals surface area contributed by atoms with Crippen LogP contribution in [0.4, 0.5) is 11.4 Å². The second-order valence-corrected chi connectivity index (χ2v) is 7.12. The van der Waals surface area contributed by atoms with Crippen LogP contribution in [0.2, 0.25) is 0 Å². The Morgan fingerprint density at radius 2 is 1.74 bits per heavy atom. The van der Waals surface area contributed by atoms with Gasteiger partial charge in [0.15, 0.2) is 11.5 Å². The standard InChI is InChI=1S/C21H23N5O5/c1-29-18-8-3-15(13-19(18)30-2)21-22-20(31-23-21)14-24-9-11-25(12-10-24)16-4-6-17(7-5-16)26(27)28/h3-8,13H,9-12,14H2,1-2H3. The topological polar surface area (TPSA) is 107 Å². The van der Waals surface area contributed by atoms with Crippen molar-refractivity contribution in [3.05, 3.63) is 58.5 Å². The number of anilines is 1. The van der Waals surface area contributed by atoms with Crippen LogP contribution in [-0.2, 0) is 6.54 Å². The molecule has 0 bridgehead atoms. The van der Waals surface area contributed by atoms with Gasteiger partial charge in [0.25, 0.3) is 5.69 Å². The Balaban J connectivity index is 1.35. The van der Waals surface area contributed by atoms with Crippen molar-refractivity contribution in [2.24, 2.45) is 0 Å². The minimum absolute atomic E-state index is 0.101. The van der Waals surface area contributed by atoms with Gasteiger partial charge in [0.1, 0.15) is 0 Å². The van der Waals surface area contributed by atoms with Gasteiger partial charge in [0.2, 0.25) is 11.7 Å². The molecule has 2 heterocycles. The number of nitrogens with zero attached hydrogens (tertiary/aromatic N) is 5. The van der Waals surface area contributed by atoms with E-state index in [1.54, 1.807) is 26.4 Å². The Morgan fingerprint density at radius 1 is 1.03 bits per heavy atom. The van der Waals surface area contributed by atoms with E-state index in [2.05, 4.69) is 19.9 Å². The molecule has 0 atom stereocenters. The van der Waals surface area contributed by atoms with Crippen LogP contribution in [0.1, 0.15) is 5.89 Å². The van der Waals surface area contributed by atoms with Crippen molar-refractivity contribution in [3.63, 3.8) is 0 Å². The highest BCUT2D eigenvalue weighted by atomic mass is 16.6. The summed E-state index contributed by atoms with van der Waals surface area (Å²) in [5, 5.41) is 14.9. The van der Waals surface area contributed by atoms with Gasteiger partial charge in [-0.1, -0.05) is 5.16 Å². The lowest BCUT2D eigenvalue weighted by Crippen LogP contribution is -2.46. The summed E-state index contributed by atoms with van der Waals surface area (Å²) < 4.78 is 16.0. The molecule has 0 saturated carbocycles. The van der Waals surface area contributed by atoms with Gasteiger partial charge in [0.05, 0.1) is 25.7 Å². The zero-order valence-corrected chi connectivity index (χ0v) is 17.4. The van der Waals surface area contributed by atoms with Crippen LogP contribution in [0.3, 0.4) is 0 Å². The predicted octanol–water partition coefficient (Wildman–Crippen LogP) is 2.98. The molecule has 1 aromatic heterocycles. The summed E-state index contributed by atoms with van der Waals surface area (Å²) in [4.78, 5) is 19.4. The lowest BCUT2D eigenvalue weighted by molar-refractivity contribution is -0.384. The molecule has 10 heteroatoms. The summed E-state index contributed by atoms with van der Waals surface area (Å²) in [6.45, 7) is 3.84. The summed E-state index contributed by atoms with van der Waals surface area (Å²) in [5.41, 5.74) is 1.87. The summed E-state index contributed by atoms with van der Waals surface area (Å²) in [6, 6.07) is 12.1. The van der Waals surface area contributed by atoms with Crippen molar-refractivity contribution >= 4 is 11.4 Å². The molecule has 3 aromatic rings. The van der Waals surface area contributed by atoms with Gasteiger partial charge in [-0.25, -0.2) is 0 Å². The number of ether oxygens (including phenoxy) is 2. The zero-order chi connectivity index (χ0) is 21.8. The van der Waals surface area contributed by atoms with Gasteiger partial charge in [0, 0.05) is 49.6 Å². The van der Waals surface area contributed by atoms with Gasteiger partial charge in [-0.3, -0.25) is 15.0 Å². The molecule has 10 nitrogen and oxygen atoms in total. The van der Waals surface area contributed by atoms with E-state index in [4.69, 9.17) is 14.0 Å². The molecule has 0 radical (unpaired) electrons. The molecule has 2 aromatic carbocycles. The van der Waals surface area contributed by atoms with Gasteiger partial charge in [-0.2, -0.15) is 4.98 Å². The smallest absolute Gasteiger partial charge is 0.269 e. The molecule has 0 N–H and O–H groups in total. The molecule has 31 heavy (non-hydrogen) atoms. The van der Waals surface area contributed by atoms with E-state index in [1.165, 1.54) is 12.1 Å². The Labute approximate surface area is 179 Å². The number of aromatic nitrogens is 2. The van der Waals surface area contributed by atoms with Crippen LogP contribution < -0.4 is 14.4 Å². The normalized spacial score (nSPS) is 14.5. The van der Waals surface area contributed by atoms with Crippen molar-refractivity contribution in [2.45, 2.75) is 6.54 Å². The molecule has 0 amide bonds. The Hall–Kier alpha value is -3.66. The summed E-state index contributed by atoms with van der Waals surface area (Å²) in [7, 11) is 3.17. The first-order valence-electron chi connectivity index (χ1n) is 9.84. The van der Waals surface area contributed by atoms with Crippen molar-refractivity contribution in [3.8, 4) is 22.9 Å². The first-order valence-corrected chi connectivity index (χ1v) is 9.84. The number of hydrogen-bond acceptors (Lipinski definition) is 9. The lowest BCUT2D eigenvalue weighted by Gasteiger charge is -2.35. The highest BCUT2D eigenvalue weighted by Crippen LogP contribution is 2.31. The van der Waals surface area contributed by atoms with Gasteiger partial charge in [-0.05, 0) is 30.3 Å². The highest BCUT2D eigenvalue weighted by Gasteiger charge is 2.20. The molecule has 0 unspecified atom stereocenters. The Morgan fingerprint density at radius 3 is 2.39 bits per heavy atom. The largest absolute Gasteiger partial charge is 0.493 e. The minimum atomic E-state index is -0.387. The quantitative estimate of drug-likeness (QED) is 0.417. The van der Waals surface area contributed by atoms with E-state index in [9.17, 15) is 10.1 Å². The maximum absolute atomic E-state index is 10.8. The van der Waals surface area contributed by atoms with Crippen LogP contribution in [0.5, 0.6) is 11.5 Å². The van der Waals surface area contributed by atoms with E-state index in [0.29, 0.717) is 29.8 Å². The molecule has 4 rings (SSSR count). The fraction of sp³-hybridized carbons (Fsp3) is 0.333. The number of nitro groups is 1. The predicted molar refractivity (Wildman–Crippen MR) is 113 cm³/mol.